The molecule has 0 bridgehead atoms. The summed E-state index contributed by atoms with van der Waals surface area (Å²) in [5.74, 6) is 0.862. The normalized spacial score (nSPS) is 20.2. The lowest BCUT2D eigenvalue weighted by molar-refractivity contribution is -0.118. The summed E-state index contributed by atoms with van der Waals surface area (Å²) in [7, 11) is 0. The quantitative estimate of drug-likeness (QED) is 0.597. The largest absolute Gasteiger partial charge is 0.272 e. The topological polar surface area (TPSA) is 41.5 Å². The van der Waals surface area contributed by atoms with Crippen molar-refractivity contribution in [3.05, 3.63) is 27.7 Å². The molecule has 120 valence electrons. The van der Waals surface area contributed by atoms with Gasteiger partial charge < -0.3 is 0 Å². The second kappa shape index (κ2) is 8.16. The minimum absolute atomic E-state index is 0.0322. The van der Waals surface area contributed by atoms with Gasteiger partial charge >= 0.3 is 0 Å². The van der Waals surface area contributed by atoms with Crippen LogP contribution in [0.3, 0.4) is 0 Å². The average molecular weight is 383 g/mol. The Morgan fingerprint density at radius 3 is 2.86 bits per heavy atom. The third kappa shape index (κ3) is 4.85. The minimum Gasteiger partial charge on any atom is -0.272 e. The molecule has 0 radical (unpaired) electrons. The number of hydrazone groups is 1. The number of nitrogens with zero attached hydrogens (tertiary/aromatic N) is 1. The SMILES string of the molecule is Cc1cc(SCC(=O)N/N=C2/CCCC[C@@H]2C)c(C)cc1Br. The molecule has 1 amide bonds. The first-order valence-electron chi connectivity index (χ1n) is 7.72. The predicted molar refractivity (Wildman–Crippen MR) is 97.5 cm³/mol. The van der Waals surface area contributed by atoms with Crippen molar-refractivity contribution in [1.29, 1.82) is 0 Å². The number of thioether (sulfide) groups is 1. The number of aryl methyl sites for hydroxylation is 2. The lowest BCUT2D eigenvalue weighted by Gasteiger charge is -2.19. The summed E-state index contributed by atoms with van der Waals surface area (Å²) in [5.41, 5.74) is 6.22. The van der Waals surface area contributed by atoms with Crippen molar-refractivity contribution in [2.75, 3.05) is 5.75 Å². The number of carbonyl (C=O) groups is 1. The van der Waals surface area contributed by atoms with E-state index in [1.165, 1.54) is 30.4 Å². The van der Waals surface area contributed by atoms with Crippen LogP contribution in [0.5, 0.6) is 0 Å². The molecule has 1 N–H and O–H groups in total. The van der Waals surface area contributed by atoms with Crippen molar-refractivity contribution >= 4 is 39.3 Å². The third-order valence-corrected chi connectivity index (χ3v) is 6.04. The standard InChI is InChI=1S/C17H23BrN2OS/c1-11-6-4-5-7-15(11)19-20-17(21)10-22-16-9-12(2)14(18)8-13(16)3/h8-9,11H,4-7,10H2,1-3H3,(H,20,21)/b19-15-/t11-/m0/s1. The number of nitrogens with one attached hydrogen (secondary N) is 1. The van der Waals surface area contributed by atoms with Gasteiger partial charge in [0.1, 0.15) is 0 Å². The second-order valence-corrected chi connectivity index (χ2v) is 7.81. The zero-order valence-corrected chi connectivity index (χ0v) is 15.8. The molecule has 5 heteroatoms. The second-order valence-electron chi connectivity index (χ2n) is 5.94. The minimum atomic E-state index is -0.0322. The van der Waals surface area contributed by atoms with E-state index in [1.807, 2.05) is 0 Å². The summed E-state index contributed by atoms with van der Waals surface area (Å²) in [5, 5.41) is 4.33. The molecule has 0 unspecified atom stereocenters. The monoisotopic (exact) mass is 382 g/mol. The van der Waals surface area contributed by atoms with E-state index >= 15 is 0 Å². The first-order chi connectivity index (χ1) is 10.5. The highest BCUT2D eigenvalue weighted by Gasteiger charge is 2.16. The van der Waals surface area contributed by atoms with E-state index in [-0.39, 0.29) is 5.91 Å². The van der Waals surface area contributed by atoms with Gasteiger partial charge in [-0.1, -0.05) is 29.3 Å². The van der Waals surface area contributed by atoms with Gasteiger partial charge in [-0.25, -0.2) is 5.43 Å². The molecule has 1 saturated carbocycles. The van der Waals surface area contributed by atoms with E-state index in [1.54, 1.807) is 11.8 Å². The Morgan fingerprint density at radius 1 is 1.36 bits per heavy atom. The highest BCUT2D eigenvalue weighted by Crippen LogP contribution is 2.28. The zero-order valence-electron chi connectivity index (χ0n) is 13.4. The number of hydrogen-bond donors (Lipinski definition) is 1. The summed E-state index contributed by atoms with van der Waals surface area (Å²) in [6.07, 6.45) is 4.65. The Morgan fingerprint density at radius 2 is 2.14 bits per heavy atom. The van der Waals surface area contributed by atoms with Crippen molar-refractivity contribution in [2.45, 2.75) is 51.3 Å². The van der Waals surface area contributed by atoms with Gasteiger partial charge in [0.25, 0.3) is 0 Å². The molecule has 1 fully saturated rings. The Kier molecular flexibility index (Phi) is 6.50. The average Bonchev–Trinajstić information content (AvgIpc) is 2.49. The Bertz CT molecular complexity index is 586. The van der Waals surface area contributed by atoms with Gasteiger partial charge in [0.2, 0.25) is 5.91 Å². The van der Waals surface area contributed by atoms with Crippen LogP contribution in [0.4, 0.5) is 0 Å². The predicted octanol–water partition coefficient (Wildman–Crippen LogP) is 4.84. The zero-order chi connectivity index (χ0) is 16.1. The Labute approximate surface area is 145 Å². The van der Waals surface area contributed by atoms with E-state index in [0.29, 0.717) is 11.7 Å². The maximum Gasteiger partial charge on any atom is 0.250 e. The van der Waals surface area contributed by atoms with Gasteiger partial charge in [0.15, 0.2) is 0 Å². The lowest BCUT2D eigenvalue weighted by Crippen LogP contribution is -2.25. The van der Waals surface area contributed by atoms with Crippen LogP contribution in [-0.2, 0) is 4.79 Å². The molecule has 0 saturated heterocycles. The molecule has 0 spiro atoms. The molecular formula is C17H23BrN2OS. The third-order valence-electron chi connectivity index (χ3n) is 4.03. The van der Waals surface area contributed by atoms with E-state index in [0.717, 1.165) is 21.5 Å². The number of hydrogen-bond acceptors (Lipinski definition) is 3. The molecule has 1 aliphatic rings. The van der Waals surface area contributed by atoms with Gasteiger partial charge in [-0.2, -0.15) is 5.10 Å². The van der Waals surface area contributed by atoms with Gasteiger partial charge in [-0.05, 0) is 62.3 Å². The van der Waals surface area contributed by atoms with E-state index in [2.05, 4.69) is 59.4 Å². The van der Waals surface area contributed by atoms with Crippen LogP contribution in [0.2, 0.25) is 0 Å². The van der Waals surface area contributed by atoms with Gasteiger partial charge in [-0.15, -0.1) is 11.8 Å². The molecule has 1 aromatic carbocycles. The summed E-state index contributed by atoms with van der Waals surface area (Å²) < 4.78 is 1.11. The van der Waals surface area contributed by atoms with Crippen molar-refractivity contribution in [1.82, 2.24) is 5.43 Å². The molecule has 0 aliphatic heterocycles. The van der Waals surface area contributed by atoms with Gasteiger partial charge in [0, 0.05) is 15.1 Å². The summed E-state index contributed by atoms with van der Waals surface area (Å²) >= 11 is 5.09. The molecule has 1 atom stereocenters. The molecule has 2 rings (SSSR count). The van der Waals surface area contributed by atoms with Crippen molar-refractivity contribution in [3.63, 3.8) is 0 Å². The van der Waals surface area contributed by atoms with Gasteiger partial charge in [0.05, 0.1) is 5.75 Å². The highest BCUT2D eigenvalue weighted by molar-refractivity contribution is 9.10. The van der Waals surface area contributed by atoms with Crippen LogP contribution < -0.4 is 5.43 Å². The number of benzene rings is 1. The van der Waals surface area contributed by atoms with Crippen molar-refractivity contribution in [2.24, 2.45) is 11.0 Å². The summed E-state index contributed by atoms with van der Waals surface area (Å²) in [4.78, 5) is 13.1. The molecule has 22 heavy (non-hydrogen) atoms. The smallest absolute Gasteiger partial charge is 0.250 e. The first kappa shape index (κ1) is 17.5. The number of rotatable bonds is 4. The molecule has 1 aliphatic carbocycles. The molecule has 1 aromatic rings. The lowest BCUT2D eigenvalue weighted by atomic mass is 9.89. The van der Waals surface area contributed by atoms with Crippen LogP contribution in [0.25, 0.3) is 0 Å². The highest BCUT2D eigenvalue weighted by atomic mass is 79.9. The maximum atomic E-state index is 12.0. The van der Waals surface area contributed by atoms with Crippen molar-refractivity contribution in [3.8, 4) is 0 Å². The molecule has 0 aromatic heterocycles. The Balaban J connectivity index is 1.88. The fourth-order valence-corrected chi connectivity index (χ4v) is 3.91. The molecule has 3 nitrogen and oxygen atoms in total. The van der Waals surface area contributed by atoms with Crippen molar-refractivity contribution < 1.29 is 4.79 Å². The van der Waals surface area contributed by atoms with Crippen LogP contribution >= 0.6 is 27.7 Å². The van der Waals surface area contributed by atoms with E-state index < -0.39 is 0 Å². The summed E-state index contributed by atoms with van der Waals surface area (Å²) in [6, 6.07) is 4.21. The number of carbonyl (C=O) groups excluding carboxylic acids is 1. The van der Waals surface area contributed by atoms with Crippen LogP contribution in [0.1, 0.15) is 43.7 Å². The fourth-order valence-electron chi connectivity index (χ4n) is 2.56. The Hall–Kier alpha value is -0.810. The maximum absolute atomic E-state index is 12.0. The number of halogens is 1. The molecule has 0 heterocycles. The van der Waals surface area contributed by atoms with Gasteiger partial charge in [-0.3, -0.25) is 4.79 Å². The summed E-state index contributed by atoms with van der Waals surface area (Å²) in [6.45, 7) is 6.31. The number of amides is 1. The first-order valence-corrected chi connectivity index (χ1v) is 9.50. The fraction of sp³-hybridized carbons (Fsp3) is 0.529. The van der Waals surface area contributed by atoms with E-state index in [9.17, 15) is 4.79 Å². The van der Waals surface area contributed by atoms with E-state index in [4.69, 9.17) is 0 Å². The molecular weight excluding hydrogens is 360 g/mol. The van der Waals surface area contributed by atoms with Crippen LogP contribution in [0, 0.1) is 19.8 Å². The van der Waals surface area contributed by atoms with Crippen LogP contribution in [-0.4, -0.2) is 17.4 Å². The van der Waals surface area contributed by atoms with Crippen LogP contribution in [0.15, 0.2) is 26.6 Å².